The minimum absolute atomic E-state index is 0. The van der Waals surface area contributed by atoms with E-state index in [1.165, 1.54) is 44.9 Å². The number of aliphatic hydroxyl groups is 3. The Morgan fingerprint density at radius 2 is 0.952 bits per heavy atom. The third-order valence-corrected chi connectivity index (χ3v) is 4.21. The molecule has 0 atom stereocenters. The average molecular weight is 370 g/mol. The number of hydrogen-bond donors (Lipinski definition) is 3. The molecule has 3 N–H and O–H groups in total. The SMILES string of the molecule is CCCCCCCCCC[N+](CCO)(CCO)CCO.[Br-]. The molecule has 0 bridgehead atoms. The van der Waals surface area contributed by atoms with Gasteiger partial charge in [0.05, 0.1) is 26.4 Å². The van der Waals surface area contributed by atoms with Crippen molar-refractivity contribution in [1.82, 2.24) is 0 Å². The van der Waals surface area contributed by atoms with Crippen LogP contribution in [0.25, 0.3) is 0 Å². The summed E-state index contributed by atoms with van der Waals surface area (Å²) in [5.41, 5.74) is 0. The van der Waals surface area contributed by atoms with E-state index in [1.54, 1.807) is 0 Å². The Morgan fingerprint density at radius 3 is 1.33 bits per heavy atom. The molecule has 4 nitrogen and oxygen atoms in total. The van der Waals surface area contributed by atoms with Crippen LogP contribution >= 0.6 is 0 Å². The maximum absolute atomic E-state index is 9.20. The van der Waals surface area contributed by atoms with Crippen LogP contribution in [0.1, 0.15) is 58.3 Å². The summed E-state index contributed by atoms with van der Waals surface area (Å²) in [6.07, 6.45) is 10.3. The van der Waals surface area contributed by atoms with Crippen molar-refractivity contribution in [2.45, 2.75) is 58.3 Å². The Balaban J connectivity index is 0. The van der Waals surface area contributed by atoms with Gasteiger partial charge in [0.1, 0.15) is 19.6 Å². The topological polar surface area (TPSA) is 60.7 Å². The smallest absolute Gasteiger partial charge is 0.102 e. The molecule has 0 aliphatic carbocycles. The molecule has 0 fully saturated rings. The van der Waals surface area contributed by atoms with Gasteiger partial charge >= 0.3 is 0 Å². The van der Waals surface area contributed by atoms with Gasteiger partial charge in [-0.3, -0.25) is 0 Å². The highest BCUT2D eigenvalue weighted by Gasteiger charge is 2.25. The van der Waals surface area contributed by atoms with E-state index in [9.17, 15) is 15.3 Å². The zero-order chi connectivity index (χ0) is 15.1. The van der Waals surface area contributed by atoms with E-state index in [-0.39, 0.29) is 36.8 Å². The van der Waals surface area contributed by atoms with E-state index in [2.05, 4.69) is 6.92 Å². The first-order chi connectivity index (χ1) is 9.74. The second-order valence-electron chi connectivity index (χ2n) is 5.88. The fourth-order valence-corrected chi connectivity index (χ4v) is 2.89. The van der Waals surface area contributed by atoms with Crippen LogP contribution < -0.4 is 17.0 Å². The van der Waals surface area contributed by atoms with Crippen LogP contribution in [0, 0.1) is 0 Å². The molecule has 0 amide bonds. The van der Waals surface area contributed by atoms with Crippen LogP contribution in [-0.2, 0) is 0 Å². The van der Waals surface area contributed by atoms with Crippen LogP contribution in [0.2, 0.25) is 0 Å². The predicted molar refractivity (Wildman–Crippen MR) is 83.6 cm³/mol. The number of quaternary nitrogens is 1. The number of halogens is 1. The highest BCUT2D eigenvalue weighted by molar-refractivity contribution is 4.49. The highest BCUT2D eigenvalue weighted by atomic mass is 79.9. The summed E-state index contributed by atoms with van der Waals surface area (Å²) < 4.78 is 0.652. The largest absolute Gasteiger partial charge is 1.00 e. The normalized spacial score (nSPS) is 11.4. The molecule has 0 heterocycles. The molecule has 0 aromatic rings. The standard InChI is InChI=1S/C16H36NO3.BrH/c1-2-3-4-5-6-7-8-9-10-17(11-14-18,12-15-19)13-16-20;/h18-20H,2-16H2,1H3;1H/q+1;/p-1. The Kier molecular flexibility index (Phi) is 18.7. The number of hydrogen-bond acceptors (Lipinski definition) is 3. The van der Waals surface area contributed by atoms with Gasteiger partial charge in [0.25, 0.3) is 0 Å². The van der Waals surface area contributed by atoms with Crippen molar-refractivity contribution in [2.75, 3.05) is 46.0 Å². The predicted octanol–water partition coefficient (Wildman–Crippen LogP) is -1.08. The third-order valence-electron chi connectivity index (χ3n) is 4.21. The molecular weight excluding hydrogens is 334 g/mol. The van der Waals surface area contributed by atoms with Crippen molar-refractivity contribution in [3.05, 3.63) is 0 Å². The van der Waals surface area contributed by atoms with Gasteiger partial charge in [-0.05, 0) is 12.8 Å². The molecule has 5 heteroatoms. The first-order valence-electron chi connectivity index (χ1n) is 8.42. The number of nitrogens with zero attached hydrogens (tertiary/aromatic N) is 1. The minimum atomic E-state index is 0. The molecule has 0 aromatic carbocycles. The Labute approximate surface area is 141 Å². The molecule has 0 aliphatic heterocycles. The summed E-state index contributed by atoms with van der Waals surface area (Å²) in [5.74, 6) is 0. The van der Waals surface area contributed by atoms with Crippen LogP contribution in [0.5, 0.6) is 0 Å². The highest BCUT2D eigenvalue weighted by Crippen LogP contribution is 2.12. The molecule has 0 radical (unpaired) electrons. The number of aliphatic hydroxyl groups excluding tert-OH is 3. The van der Waals surface area contributed by atoms with E-state index in [4.69, 9.17) is 0 Å². The van der Waals surface area contributed by atoms with E-state index in [0.29, 0.717) is 24.1 Å². The monoisotopic (exact) mass is 369 g/mol. The molecule has 21 heavy (non-hydrogen) atoms. The maximum Gasteiger partial charge on any atom is 0.102 e. The fraction of sp³-hybridized carbons (Fsp3) is 1.00. The van der Waals surface area contributed by atoms with Crippen molar-refractivity contribution in [2.24, 2.45) is 0 Å². The maximum atomic E-state index is 9.20. The quantitative estimate of drug-likeness (QED) is 0.254. The second kappa shape index (κ2) is 16.7. The first-order valence-corrected chi connectivity index (χ1v) is 8.42. The van der Waals surface area contributed by atoms with E-state index < -0.39 is 0 Å². The average Bonchev–Trinajstić information content (AvgIpc) is 2.43. The van der Waals surface area contributed by atoms with Crippen LogP contribution in [0.15, 0.2) is 0 Å². The summed E-state index contributed by atoms with van der Waals surface area (Å²) in [7, 11) is 0. The summed E-state index contributed by atoms with van der Waals surface area (Å²) >= 11 is 0. The molecule has 0 unspecified atom stereocenters. The van der Waals surface area contributed by atoms with Crippen LogP contribution in [-0.4, -0.2) is 65.8 Å². The Morgan fingerprint density at radius 1 is 0.571 bits per heavy atom. The second-order valence-corrected chi connectivity index (χ2v) is 5.88. The van der Waals surface area contributed by atoms with Gasteiger partial charge in [-0.2, -0.15) is 0 Å². The van der Waals surface area contributed by atoms with E-state index in [0.717, 1.165) is 13.0 Å². The number of rotatable bonds is 15. The fourth-order valence-electron chi connectivity index (χ4n) is 2.89. The van der Waals surface area contributed by atoms with Gasteiger partial charge in [0.15, 0.2) is 0 Å². The Bertz CT molecular complexity index is 189. The zero-order valence-electron chi connectivity index (χ0n) is 13.8. The van der Waals surface area contributed by atoms with Crippen molar-refractivity contribution >= 4 is 0 Å². The van der Waals surface area contributed by atoms with Crippen LogP contribution in [0.3, 0.4) is 0 Å². The van der Waals surface area contributed by atoms with Crippen LogP contribution in [0.4, 0.5) is 0 Å². The van der Waals surface area contributed by atoms with Gasteiger partial charge < -0.3 is 36.8 Å². The molecule has 0 aromatic heterocycles. The van der Waals surface area contributed by atoms with Gasteiger partial charge in [-0.25, -0.2) is 0 Å². The van der Waals surface area contributed by atoms with Gasteiger partial charge in [0.2, 0.25) is 0 Å². The third kappa shape index (κ3) is 12.5. The lowest BCUT2D eigenvalue weighted by atomic mass is 10.1. The molecule has 130 valence electrons. The van der Waals surface area contributed by atoms with Crippen molar-refractivity contribution in [1.29, 1.82) is 0 Å². The first kappa shape index (κ1) is 23.6. The van der Waals surface area contributed by atoms with Gasteiger partial charge in [-0.15, -0.1) is 0 Å². The summed E-state index contributed by atoms with van der Waals surface area (Å²) in [4.78, 5) is 0. The summed E-state index contributed by atoms with van der Waals surface area (Å²) in [6, 6.07) is 0. The molecular formula is C16H36BrNO3. The molecule has 0 aliphatic rings. The molecule has 0 saturated carbocycles. The summed E-state index contributed by atoms with van der Waals surface area (Å²) in [6.45, 7) is 5.47. The zero-order valence-corrected chi connectivity index (χ0v) is 15.4. The van der Waals surface area contributed by atoms with Crippen molar-refractivity contribution in [3.63, 3.8) is 0 Å². The van der Waals surface area contributed by atoms with Gasteiger partial charge in [-0.1, -0.05) is 45.4 Å². The Hall–Kier alpha value is 0.320. The number of unbranched alkanes of at least 4 members (excludes halogenated alkanes) is 7. The lowest BCUT2D eigenvalue weighted by Crippen LogP contribution is -3.00. The molecule has 0 saturated heterocycles. The molecule has 0 rings (SSSR count). The van der Waals surface area contributed by atoms with Crippen molar-refractivity contribution in [3.8, 4) is 0 Å². The minimum Gasteiger partial charge on any atom is -1.00 e. The summed E-state index contributed by atoms with van der Waals surface area (Å²) in [5, 5.41) is 27.6. The van der Waals surface area contributed by atoms with Gasteiger partial charge in [0, 0.05) is 0 Å². The van der Waals surface area contributed by atoms with Crippen molar-refractivity contribution < 1.29 is 36.8 Å². The molecule has 0 spiro atoms. The lowest BCUT2D eigenvalue weighted by molar-refractivity contribution is -0.929. The lowest BCUT2D eigenvalue weighted by Gasteiger charge is -2.37. The van der Waals surface area contributed by atoms with E-state index >= 15 is 0 Å². The van der Waals surface area contributed by atoms with E-state index in [1.807, 2.05) is 0 Å².